The van der Waals surface area contributed by atoms with Crippen molar-refractivity contribution in [3.05, 3.63) is 53.6 Å². The molecule has 0 saturated heterocycles. The molecule has 2 rings (SSSR count). The smallest absolute Gasteiger partial charge is 0.433 e. The van der Waals surface area contributed by atoms with Crippen molar-refractivity contribution < 1.29 is 22.7 Å². The molecule has 0 spiro atoms. The Labute approximate surface area is 130 Å². The van der Waals surface area contributed by atoms with Crippen molar-refractivity contribution in [1.82, 2.24) is 15.3 Å². The number of carbonyl (C=O) groups excluding carboxylic acids is 1. The van der Waals surface area contributed by atoms with E-state index < -0.39 is 17.8 Å². The van der Waals surface area contributed by atoms with Gasteiger partial charge in [-0.05, 0) is 36.8 Å². The van der Waals surface area contributed by atoms with Gasteiger partial charge in [0, 0.05) is 18.9 Å². The number of amides is 1. The molecular formula is C15H14F3N3O2. The van der Waals surface area contributed by atoms with Gasteiger partial charge in [-0.3, -0.25) is 9.78 Å². The summed E-state index contributed by atoms with van der Waals surface area (Å²) < 4.78 is 43.1. The summed E-state index contributed by atoms with van der Waals surface area (Å²) in [5.41, 5.74) is -0.633. The molecule has 0 aliphatic carbocycles. The van der Waals surface area contributed by atoms with Crippen LogP contribution in [0.1, 0.15) is 28.7 Å². The van der Waals surface area contributed by atoms with Gasteiger partial charge in [0.15, 0.2) is 11.4 Å². The van der Waals surface area contributed by atoms with Crippen molar-refractivity contribution >= 4 is 5.91 Å². The lowest BCUT2D eigenvalue weighted by atomic mass is 10.2. The third-order valence-corrected chi connectivity index (χ3v) is 2.85. The molecule has 122 valence electrons. The van der Waals surface area contributed by atoms with Crippen LogP contribution in [0, 0.1) is 0 Å². The standard InChI is InChI=1S/C15H14F3N3O2/c1-2-23-11-4-3-6-20-13(11)14(22)21-9-10-5-7-19-12(8-10)15(16,17)18/h3-8H,2,9H2,1H3,(H,21,22). The van der Waals surface area contributed by atoms with Crippen LogP contribution in [0.4, 0.5) is 13.2 Å². The maximum atomic E-state index is 12.6. The molecule has 5 nitrogen and oxygen atoms in total. The second kappa shape index (κ2) is 7.08. The zero-order chi connectivity index (χ0) is 16.9. The van der Waals surface area contributed by atoms with Crippen molar-refractivity contribution in [3.63, 3.8) is 0 Å². The number of hydrogen-bond acceptors (Lipinski definition) is 4. The molecule has 0 saturated carbocycles. The van der Waals surface area contributed by atoms with Gasteiger partial charge in [-0.2, -0.15) is 13.2 Å². The summed E-state index contributed by atoms with van der Waals surface area (Å²) in [6, 6.07) is 5.51. The van der Waals surface area contributed by atoms with Crippen LogP contribution in [-0.4, -0.2) is 22.5 Å². The number of rotatable bonds is 5. The van der Waals surface area contributed by atoms with Gasteiger partial charge in [0.05, 0.1) is 6.61 Å². The second-order valence-corrected chi connectivity index (χ2v) is 4.51. The zero-order valence-corrected chi connectivity index (χ0v) is 12.2. The van der Waals surface area contributed by atoms with E-state index in [1.807, 2.05) is 0 Å². The highest BCUT2D eigenvalue weighted by Gasteiger charge is 2.32. The lowest BCUT2D eigenvalue weighted by Gasteiger charge is -2.10. The minimum absolute atomic E-state index is 0.0768. The Morgan fingerprint density at radius 2 is 2.04 bits per heavy atom. The first-order valence-electron chi connectivity index (χ1n) is 6.80. The van der Waals surface area contributed by atoms with E-state index in [2.05, 4.69) is 15.3 Å². The van der Waals surface area contributed by atoms with E-state index >= 15 is 0 Å². The molecule has 0 aliphatic heterocycles. The maximum Gasteiger partial charge on any atom is 0.433 e. The molecule has 0 fully saturated rings. The Balaban J connectivity index is 2.08. The monoisotopic (exact) mass is 325 g/mol. The molecule has 23 heavy (non-hydrogen) atoms. The van der Waals surface area contributed by atoms with Crippen LogP contribution in [0.3, 0.4) is 0 Å². The van der Waals surface area contributed by atoms with Crippen LogP contribution < -0.4 is 10.1 Å². The Hall–Kier alpha value is -2.64. The van der Waals surface area contributed by atoms with E-state index in [4.69, 9.17) is 4.74 Å². The first kappa shape index (κ1) is 16.7. The quantitative estimate of drug-likeness (QED) is 0.918. The molecule has 0 aliphatic rings. The number of nitrogens with one attached hydrogen (secondary N) is 1. The topological polar surface area (TPSA) is 64.1 Å². The fourth-order valence-corrected chi connectivity index (χ4v) is 1.84. The van der Waals surface area contributed by atoms with Gasteiger partial charge >= 0.3 is 6.18 Å². The van der Waals surface area contributed by atoms with E-state index in [1.165, 1.54) is 12.3 Å². The molecule has 2 heterocycles. The van der Waals surface area contributed by atoms with Crippen LogP contribution >= 0.6 is 0 Å². The lowest BCUT2D eigenvalue weighted by Crippen LogP contribution is -2.24. The number of nitrogens with zero attached hydrogens (tertiary/aromatic N) is 2. The van der Waals surface area contributed by atoms with Crippen LogP contribution in [0.25, 0.3) is 0 Å². The fraction of sp³-hybridized carbons (Fsp3) is 0.267. The third kappa shape index (κ3) is 4.41. The predicted molar refractivity (Wildman–Crippen MR) is 75.8 cm³/mol. The Kier molecular flexibility index (Phi) is 5.15. The Morgan fingerprint density at radius 3 is 2.74 bits per heavy atom. The molecule has 1 amide bonds. The van der Waals surface area contributed by atoms with Crippen molar-refractivity contribution in [2.24, 2.45) is 0 Å². The average Bonchev–Trinajstić information content (AvgIpc) is 2.53. The summed E-state index contributed by atoms with van der Waals surface area (Å²) in [6.07, 6.45) is -2.04. The van der Waals surface area contributed by atoms with Crippen LogP contribution in [-0.2, 0) is 12.7 Å². The largest absolute Gasteiger partial charge is 0.491 e. The van der Waals surface area contributed by atoms with E-state index in [1.54, 1.807) is 19.1 Å². The second-order valence-electron chi connectivity index (χ2n) is 4.51. The van der Waals surface area contributed by atoms with E-state index in [0.717, 1.165) is 12.3 Å². The molecule has 0 bridgehead atoms. The molecule has 1 N–H and O–H groups in total. The molecule has 2 aromatic rings. The van der Waals surface area contributed by atoms with E-state index in [9.17, 15) is 18.0 Å². The van der Waals surface area contributed by atoms with Gasteiger partial charge in [0.2, 0.25) is 0 Å². The number of carbonyl (C=O) groups is 1. The normalized spacial score (nSPS) is 11.1. The van der Waals surface area contributed by atoms with E-state index in [0.29, 0.717) is 12.4 Å². The summed E-state index contributed by atoms with van der Waals surface area (Å²) in [7, 11) is 0. The van der Waals surface area contributed by atoms with Crippen molar-refractivity contribution in [2.45, 2.75) is 19.6 Å². The van der Waals surface area contributed by atoms with Gasteiger partial charge in [0.25, 0.3) is 5.91 Å². The Bertz CT molecular complexity index is 690. The maximum absolute atomic E-state index is 12.6. The van der Waals surface area contributed by atoms with Crippen LogP contribution in [0.15, 0.2) is 36.7 Å². The van der Waals surface area contributed by atoms with Gasteiger partial charge in [0.1, 0.15) is 5.69 Å². The molecule has 0 radical (unpaired) electrons. The van der Waals surface area contributed by atoms with Gasteiger partial charge in [-0.1, -0.05) is 0 Å². The zero-order valence-electron chi connectivity index (χ0n) is 12.2. The number of aromatic nitrogens is 2. The van der Waals surface area contributed by atoms with E-state index in [-0.39, 0.29) is 17.8 Å². The van der Waals surface area contributed by atoms with Crippen molar-refractivity contribution in [3.8, 4) is 5.75 Å². The minimum atomic E-state index is -4.52. The molecule has 8 heteroatoms. The molecule has 0 unspecified atom stereocenters. The molecule has 2 aromatic heterocycles. The molecule has 0 atom stereocenters. The number of ether oxygens (including phenoxy) is 1. The number of pyridine rings is 2. The van der Waals surface area contributed by atoms with Gasteiger partial charge in [-0.15, -0.1) is 0 Å². The Morgan fingerprint density at radius 1 is 1.26 bits per heavy atom. The average molecular weight is 325 g/mol. The fourth-order valence-electron chi connectivity index (χ4n) is 1.84. The lowest BCUT2D eigenvalue weighted by molar-refractivity contribution is -0.141. The summed E-state index contributed by atoms with van der Waals surface area (Å²) in [5, 5.41) is 2.52. The number of hydrogen-bond donors (Lipinski definition) is 1. The molecular weight excluding hydrogens is 311 g/mol. The minimum Gasteiger partial charge on any atom is -0.491 e. The number of alkyl halides is 3. The third-order valence-electron chi connectivity index (χ3n) is 2.85. The van der Waals surface area contributed by atoms with Crippen LogP contribution in [0.5, 0.6) is 5.75 Å². The molecule has 0 aromatic carbocycles. The summed E-state index contributed by atoms with van der Waals surface area (Å²) >= 11 is 0. The highest BCUT2D eigenvalue weighted by Crippen LogP contribution is 2.27. The summed E-state index contributed by atoms with van der Waals surface area (Å²) in [6.45, 7) is 2.06. The van der Waals surface area contributed by atoms with Crippen molar-refractivity contribution in [1.29, 1.82) is 0 Å². The highest BCUT2D eigenvalue weighted by molar-refractivity contribution is 5.94. The SMILES string of the molecule is CCOc1cccnc1C(=O)NCc1ccnc(C(F)(F)F)c1. The van der Waals surface area contributed by atoms with Crippen LogP contribution in [0.2, 0.25) is 0 Å². The number of halogens is 3. The van der Waals surface area contributed by atoms with Crippen molar-refractivity contribution in [2.75, 3.05) is 6.61 Å². The first-order chi connectivity index (χ1) is 10.9. The highest BCUT2D eigenvalue weighted by atomic mass is 19.4. The predicted octanol–water partition coefficient (Wildman–Crippen LogP) is 2.82. The summed E-state index contributed by atoms with van der Waals surface area (Å²) in [5.74, 6) is -0.211. The van der Waals surface area contributed by atoms with Gasteiger partial charge < -0.3 is 10.1 Å². The first-order valence-corrected chi connectivity index (χ1v) is 6.80. The summed E-state index contributed by atoms with van der Waals surface area (Å²) in [4.78, 5) is 19.3. The van der Waals surface area contributed by atoms with Gasteiger partial charge in [-0.25, -0.2) is 4.98 Å².